The van der Waals surface area contributed by atoms with Crippen LogP contribution >= 0.6 is 27.3 Å². The van der Waals surface area contributed by atoms with E-state index in [0.29, 0.717) is 0 Å². The summed E-state index contributed by atoms with van der Waals surface area (Å²) in [6.45, 7) is 1.94. The molecule has 1 heterocycles. The van der Waals surface area contributed by atoms with Gasteiger partial charge in [-0.1, -0.05) is 28.1 Å². The van der Waals surface area contributed by atoms with Gasteiger partial charge in [-0.2, -0.15) is 5.10 Å². The van der Waals surface area contributed by atoms with Gasteiger partial charge in [0, 0.05) is 34.6 Å². The van der Waals surface area contributed by atoms with Crippen LogP contribution in [0.2, 0.25) is 0 Å². The van der Waals surface area contributed by atoms with E-state index in [1.165, 1.54) is 23.5 Å². The van der Waals surface area contributed by atoms with E-state index in [9.17, 15) is 10.1 Å². The lowest BCUT2D eigenvalue weighted by molar-refractivity contribution is -0.384. The van der Waals surface area contributed by atoms with E-state index in [-0.39, 0.29) is 5.69 Å². The number of nitro groups is 1. The summed E-state index contributed by atoms with van der Waals surface area (Å²) >= 11 is 4.90. The molecule has 26 heavy (non-hydrogen) atoms. The lowest BCUT2D eigenvalue weighted by Crippen LogP contribution is -2.13. The first-order valence-electron chi connectivity index (χ1n) is 7.69. The monoisotopic (exact) mass is 430 g/mol. The molecule has 0 atom stereocenters. The van der Waals surface area contributed by atoms with Crippen molar-refractivity contribution in [2.45, 2.75) is 6.92 Å². The number of nitro benzene ring substituents is 1. The van der Waals surface area contributed by atoms with Crippen LogP contribution in [0.3, 0.4) is 0 Å². The van der Waals surface area contributed by atoms with Crippen LogP contribution in [-0.4, -0.2) is 22.4 Å². The largest absolute Gasteiger partial charge is 0.269 e. The molecule has 0 aliphatic carbocycles. The van der Waals surface area contributed by atoms with Crippen molar-refractivity contribution in [1.29, 1.82) is 0 Å². The molecule has 2 aromatic carbocycles. The average Bonchev–Trinajstić information content (AvgIpc) is 3.04. The number of aromatic nitrogens is 1. The van der Waals surface area contributed by atoms with Crippen molar-refractivity contribution in [3.63, 3.8) is 0 Å². The highest BCUT2D eigenvalue weighted by molar-refractivity contribution is 9.10. The van der Waals surface area contributed by atoms with Gasteiger partial charge in [0.25, 0.3) is 5.69 Å². The smallest absolute Gasteiger partial charge is 0.261 e. The van der Waals surface area contributed by atoms with E-state index in [4.69, 9.17) is 5.10 Å². The van der Waals surface area contributed by atoms with Gasteiger partial charge in [-0.3, -0.25) is 15.1 Å². The molecule has 3 aromatic rings. The van der Waals surface area contributed by atoms with E-state index in [1.54, 1.807) is 23.9 Å². The molecular formula is C18H15BrN4O2S. The van der Waals surface area contributed by atoms with Crippen LogP contribution in [0.4, 0.5) is 5.69 Å². The fourth-order valence-electron chi connectivity index (χ4n) is 2.40. The standard InChI is InChI=1S/C18H15BrN4O2S/c1-12(13-3-7-15(19)8-4-13)21-22-17(11-26-18(22)20-2)14-5-9-16(10-6-14)23(24)25/h3-11H,1-2H3. The minimum absolute atomic E-state index is 0.0606. The molecule has 132 valence electrons. The summed E-state index contributed by atoms with van der Waals surface area (Å²) in [5.74, 6) is 0. The lowest BCUT2D eigenvalue weighted by Gasteiger charge is -2.06. The Labute approximate surface area is 162 Å². The van der Waals surface area contributed by atoms with Crippen LogP contribution < -0.4 is 4.80 Å². The third kappa shape index (κ3) is 3.81. The second-order valence-corrected chi connectivity index (χ2v) is 7.19. The van der Waals surface area contributed by atoms with E-state index in [2.05, 4.69) is 20.9 Å². The van der Waals surface area contributed by atoms with Gasteiger partial charge < -0.3 is 0 Å². The van der Waals surface area contributed by atoms with Gasteiger partial charge in [0.05, 0.1) is 16.3 Å². The number of thiazole rings is 1. The van der Waals surface area contributed by atoms with E-state index in [0.717, 1.165) is 31.8 Å². The van der Waals surface area contributed by atoms with Crippen molar-refractivity contribution in [3.05, 3.63) is 78.9 Å². The molecule has 8 heteroatoms. The number of hydrogen-bond donors (Lipinski definition) is 0. The van der Waals surface area contributed by atoms with Crippen LogP contribution in [0.25, 0.3) is 11.3 Å². The van der Waals surface area contributed by atoms with Gasteiger partial charge in [-0.15, -0.1) is 11.3 Å². The second-order valence-electron chi connectivity index (χ2n) is 5.44. The summed E-state index contributed by atoms with van der Waals surface area (Å²) in [6.07, 6.45) is 0. The normalized spacial score (nSPS) is 12.4. The maximum atomic E-state index is 10.9. The predicted octanol–water partition coefficient (Wildman–Crippen LogP) is 4.69. The fraction of sp³-hybridized carbons (Fsp3) is 0.111. The lowest BCUT2D eigenvalue weighted by atomic mass is 10.1. The Hall–Kier alpha value is -2.58. The maximum Gasteiger partial charge on any atom is 0.269 e. The Kier molecular flexibility index (Phi) is 5.43. The molecule has 0 N–H and O–H groups in total. The molecular weight excluding hydrogens is 416 g/mol. The fourth-order valence-corrected chi connectivity index (χ4v) is 3.46. The third-order valence-electron chi connectivity index (χ3n) is 3.76. The van der Waals surface area contributed by atoms with E-state index < -0.39 is 4.92 Å². The number of hydrogen-bond acceptors (Lipinski definition) is 5. The van der Waals surface area contributed by atoms with Gasteiger partial charge in [0.1, 0.15) is 0 Å². The Morgan fingerprint density at radius 3 is 2.38 bits per heavy atom. The molecule has 1 aromatic heterocycles. The number of nitrogens with zero attached hydrogens (tertiary/aromatic N) is 4. The van der Waals surface area contributed by atoms with Gasteiger partial charge in [-0.05, 0) is 36.8 Å². The number of halogens is 1. The van der Waals surface area contributed by atoms with Crippen LogP contribution in [0.5, 0.6) is 0 Å². The molecule has 6 nitrogen and oxygen atoms in total. The van der Waals surface area contributed by atoms with Crippen molar-refractivity contribution in [2.75, 3.05) is 7.05 Å². The zero-order chi connectivity index (χ0) is 18.7. The van der Waals surface area contributed by atoms with Crippen molar-refractivity contribution >= 4 is 38.7 Å². The molecule has 0 fully saturated rings. The Morgan fingerprint density at radius 1 is 1.15 bits per heavy atom. The first-order chi connectivity index (χ1) is 12.5. The third-order valence-corrected chi connectivity index (χ3v) is 5.20. The van der Waals surface area contributed by atoms with Gasteiger partial charge in [-0.25, -0.2) is 4.68 Å². The summed E-state index contributed by atoms with van der Waals surface area (Å²) in [5.41, 5.74) is 3.58. The molecule has 0 bridgehead atoms. The van der Waals surface area contributed by atoms with Crippen molar-refractivity contribution < 1.29 is 4.92 Å². The van der Waals surface area contributed by atoms with Gasteiger partial charge in [0.2, 0.25) is 4.80 Å². The zero-order valence-electron chi connectivity index (χ0n) is 14.1. The van der Waals surface area contributed by atoms with Crippen LogP contribution in [0.1, 0.15) is 12.5 Å². The van der Waals surface area contributed by atoms with Crippen LogP contribution in [0.15, 0.2) is 68.5 Å². The molecule has 0 amide bonds. The molecule has 0 saturated heterocycles. The number of benzene rings is 2. The van der Waals surface area contributed by atoms with E-state index in [1.807, 2.05) is 36.6 Å². The molecule has 0 radical (unpaired) electrons. The Morgan fingerprint density at radius 2 is 1.81 bits per heavy atom. The quantitative estimate of drug-likeness (QED) is 0.342. The first-order valence-corrected chi connectivity index (χ1v) is 9.36. The van der Waals surface area contributed by atoms with Crippen LogP contribution in [-0.2, 0) is 0 Å². The topological polar surface area (TPSA) is 72.8 Å². The van der Waals surface area contributed by atoms with Crippen LogP contribution in [0, 0.1) is 10.1 Å². The molecule has 0 saturated carbocycles. The molecule has 3 rings (SSSR count). The highest BCUT2D eigenvalue weighted by atomic mass is 79.9. The SMILES string of the molecule is CN=c1scc(-c2ccc([N+](=O)[O-])cc2)n1N=C(C)c1ccc(Br)cc1. The highest BCUT2D eigenvalue weighted by Crippen LogP contribution is 2.23. The second kappa shape index (κ2) is 7.76. The average molecular weight is 431 g/mol. The summed E-state index contributed by atoms with van der Waals surface area (Å²) < 4.78 is 2.77. The Bertz CT molecular complexity index is 1030. The predicted molar refractivity (Wildman–Crippen MR) is 108 cm³/mol. The van der Waals surface area contributed by atoms with Crippen molar-refractivity contribution in [1.82, 2.24) is 4.68 Å². The van der Waals surface area contributed by atoms with Crippen molar-refractivity contribution in [3.8, 4) is 11.3 Å². The minimum Gasteiger partial charge on any atom is -0.261 e. The summed E-state index contributed by atoms with van der Waals surface area (Å²) in [4.78, 5) is 15.5. The minimum atomic E-state index is -0.409. The van der Waals surface area contributed by atoms with Crippen molar-refractivity contribution in [2.24, 2.45) is 10.1 Å². The van der Waals surface area contributed by atoms with Gasteiger partial charge >= 0.3 is 0 Å². The zero-order valence-corrected chi connectivity index (χ0v) is 16.5. The first kappa shape index (κ1) is 18.2. The van der Waals surface area contributed by atoms with E-state index >= 15 is 0 Å². The number of non-ortho nitro benzene ring substituents is 1. The summed E-state index contributed by atoms with van der Waals surface area (Å²) in [6, 6.07) is 14.3. The summed E-state index contributed by atoms with van der Waals surface area (Å²) in [7, 11) is 1.71. The highest BCUT2D eigenvalue weighted by Gasteiger charge is 2.11. The van der Waals surface area contributed by atoms with Gasteiger partial charge in [0.15, 0.2) is 0 Å². The molecule has 0 aliphatic rings. The molecule has 0 unspecified atom stereocenters. The number of rotatable bonds is 4. The summed E-state index contributed by atoms with van der Waals surface area (Å²) in [5, 5.41) is 17.5. The Balaban J connectivity index is 2.07. The maximum absolute atomic E-state index is 10.9. The molecule has 0 aliphatic heterocycles. The molecule has 0 spiro atoms.